The normalized spacial score (nSPS) is 17.6. The average Bonchev–Trinajstić information content (AvgIpc) is 2.39. The molecule has 2 aromatic rings. The molecule has 1 aliphatic heterocycles. The number of anilines is 1. The van der Waals surface area contributed by atoms with Crippen LogP contribution in [0.3, 0.4) is 0 Å². The van der Waals surface area contributed by atoms with Gasteiger partial charge in [-0.1, -0.05) is 18.2 Å². The molecule has 4 nitrogen and oxygen atoms in total. The van der Waals surface area contributed by atoms with Gasteiger partial charge in [-0.3, -0.25) is 0 Å². The molecule has 1 aromatic carbocycles. The summed E-state index contributed by atoms with van der Waals surface area (Å²) in [7, 11) is 0. The van der Waals surface area contributed by atoms with Crippen LogP contribution >= 0.6 is 0 Å². The van der Waals surface area contributed by atoms with Crippen molar-refractivity contribution in [3.8, 4) is 0 Å². The third-order valence-electron chi connectivity index (χ3n) is 3.33. The molecule has 0 radical (unpaired) electrons. The molecular weight excluding hydrogens is 214 g/mol. The summed E-state index contributed by atoms with van der Waals surface area (Å²) in [6.07, 6.45) is 3.33. The molecule has 0 saturated carbocycles. The van der Waals surface area contributed by atoms with E-state index in [1.807, 2.05) is 24.4 Å². The molecule has 0 unspecified atom stereocenters. The van der Waals surface area contributed by atoms with Crippen LogP contribution in [-0.2, 0) is 0 Å². The van der Waals surface area contributed by atoms with Crippen molar-refractivity contribution in [2.75, 3.05) is 18.0 Å². The van der Waals surface area contributed by atoms with Gasteiger partial charge in [0.05, 0.1) is 23.5 Å². The second-order valence-electron chi connectivity index (χ2n) is 4.47. The molecule has 1 aliphatic rings. The Bertz CT molecular complexity index is 516. The molecule has 1 fully saturated rings. The Hall–Kier alpha value is -1.68. The van der Waals surface area contributed by atoms with E-state index in [1.165, 1.54) is 0 Å². The summed E-state index contributed by atoms with van der Waals surface area (Å²) in [6, 6.07) is 8.04. The highest BCUT2D eigenvalue weighted by Gasteiger charge is 2.19. The van der Waals surface area contributed by atoms with Crippen molar-refractivity contribution in [3.63, 3.8) is 0 Å². The summed E-state index contributed by atoms with van der Waals surface area (Å²) in [4.78, 5) is 2.28. The Morgan fingerprint density at radius 3 is 2.76 bits per heavy atom. The Balaban J connectivity index is 2.00. The van der Waals surface area contributed by atoms with E-state index in [9.17, 15) is 5.11 Å². The van der Waals surface area contributed by atoms with Gasteiger partial charge < -0.3 is 10.0 Å². The Kier molecular flexibility index (Phi) is 2.65. The van der Waals surface area contributed by atoms with Gasteiger partial charge in [0.1, 0.15) is 0 Å². The van der Waals surface area contributed by atoms with Crippen LogP contribution in [0.4, 0.5) is 5.69 Å². The Morgan fingerprint density at radius 2 is 1.94 bits per heavy atom. The van der Waals surface area contributed by atoms with Crippen LogP contribution in [0, 0.1) is 0 Å². The van der Waals surface area contributed by atoms with Crippen LogP contribution in [0.2, 0.25) is 0 Å². The lowest BCUT2D eigenvalue weighted by Gasteiger charge is -2.31. The molecule has 0 atom stereocenters. The van der Waals surface area contributed by atoms with E-state index in [2.05, 4.69) is 21.2 Å². The highest BCUT2D eigenvalue weighted by molar-refractivity contribution is 5.90. The van der Waals surface area contributed by atoms with Crippen molar-refractivity contribution in [2.24, 2.45) is 0 Å². The maximum absolute atomic E-state index is 9.53. The quantitative estimate of drug-likeness (QED) is 0.806. The summed E-state index contributed by atoms with van der Waals surface area (Å²) < 4.78 is 0. The molecule has 0 bridgehead atoms. The Labute approximate surface area is 99.9 Å². The lowest BCUT2D eigenvalue weighted by molar-refractivity contribution is 0.145. The fourth-order valence-corrected chi connectivity index (χ4v) is 2.35. The van der Waals surface area contributed by atoms with E-state index in [0.29, 0.717) is 0 Å². The van der Waals surface area contributed by atoms with Crippen molar-refractivity contribution < 1.29 is 5.11 Å². The summed E-state index contributed by atoms with van der Waals surface area (Å²) in [5.74, 6) is 0. The molecule has 0 aliphatic carbocycles. The van der Waals surface area contributed by atoms with Crippen LogP contribution < -0.4 is 4.90 Å². The summed E-state index contributed by atoms with van der Waals surface area (Å²) in [5.41, 5.74) is 2.05. The first kappa shape index (κ1) is 10.5. The maximum Gasteiger partial charge on any atom is 0.0950 e. The van der Waals surface area contributed by atoms with Crippen LogP contribution in [0.1, 0.15) is 12.8 Å². The first-order valence-corrected chi connectivity index (χ1v) is 5.98. The number of hydrogen-bond acceptors (Lipinski definition) is 4. The molecule has 1 saturated heterocycles. The fraction of sp³-hybridized carbons (Fsp3) is 0.385. The van der Waals surface area contributed by atoms with Crippen molar-refractivity contribution in [1.82, 2.24) is 10.2 Å². The monoisotopic (exact) mass is 229 g/mol. The summed E-state index contributed by atoms with van der Waals surface area (Å²) in [5, 5.41) is 18.8. The van der Waals surface area contributed by atoms with Crippen molar-refractivity contribution >= 4 is 16.6 Å². The topological polar surface area (TPSA) is 49.2 Å². The van der Waals surface area contributed by atoms with E-state index < -0.39 is 0 Å². The molecule has 1 N–H and O–H groups in total. The van der Waals surface area contributed by atoms with Crippen LogP contribution in [0.15, 0.2) is 30.5 Å². The standard InChI is InChI=1S/C13H15N3O/c17-10-5-7-16(8-6-10)13-9-14-15-12-4-2-1-3-11(12)13/h1-4,9-10,17H,5-8H2. The zero-order valence-electron chi connectivity index (χ0n) is 9.58. The van der Waals surface area contributed by atoms with Crippen molar-refractivity contribution in [3.05, 3.63) is 30.5 Å². The molecule has 17 heavy (non-hydrogen) atoms. The highest BCUT2D eigenvalue weighted by Crippen LogP contribution is 2.26. The predicted octanol–water partition coefficient (Wildman–Crippen LogP) is 1.59. The minimum Gasteiger partial charge on any atom is -0.393 e. The smallest absolute Gasteiger partial charge is 0.0950 e. The lowest BCUT2D eigenvalue weighted by atomic mass is 10.1. The third kappa shape index (κ3) is 1.96. The second kappa shape index (κ2) is 4.30. The van der Waals surface area contributed by atoms with Crippen LogP contribution in [0.25, 0.3) is 10.9 Å². The summed E-state index contributed by atoms with van der Waals surface area (Å²) >= 11 is 0. The molecule has 3 rings (SSSR count). The summed E-state index contributed by atoms with van der Waals surface area (Å²) in [6.45, 7) is 1.77. The number of aromatic nitrogens is 2. The number of rotatable bonds is 1. The largest absolute Gasteiger partial charge is 0.393 e. The van der Waals surface area contributed by atoms with Gasteiger partial charge in [-0.2, -0.15) is 10.2 Å². The molecule has 2 heterocycles. The maximum atomic E-state index is 9.53. The number of benzene rings is 1. The third-order valence-corrected chi connectivity index (χ3v) is 3.33. The van der Waals surface area contributed by atoms with Gasteiger partial charge in [-0.15, -0.1) is 0 Å². The van der Waals surface area contributed by atoms with Crippen molar-refractivity contribution in [2.45, 2.75) is 18.9 Å². The van der Waals surface area contributed by atoms with Gasteiger partial charge >= 0.3 is 0 Å². The van der Waals surface area contributed by atoms with E-state index in [1.54, 1.807) is 0 Å². The van der Waals surface area contributed by atoms with E-state index >= 15 is 0 Å². The van der Waals surface area contributed by atoms with E-state index in [0.717, 1.165) is 42.5 Å². The van der Waals surface area contributed by atoms with Gasteiger partial charge in [-0.25, -0.2) is 0 Å². The molecule has 0 amide bonds. The average molecular weight is 229 g/mol. The molecule has 88 valence electrons. The van der Waals surface area contributed by atoms with Gasteiger partial charge in [-0.05, 0) is 18.9 Å². The number of aliphatic hydroxyl groups excluding tert-OH is 1. The van der Waals surface area contributed by atoms with Gasteiger partial charge in [0.2, 0.25) is 0 Å². The SMILES string of the molecule is OC1CCN(c2cnnc3ccccc23)CC1. The first-order valence-electron chi connectivity index (χ1n) is 5.98. The fourth-order valence-electron chi connectivity index (χ4n) is 2.35. The Morgan fingerprint density at radius 1 is 1.18 bits per heavy atom. The highest BCUT2D eigenvalue weighted by atomic mass is 16.3. The molecule has 1 aromatic heterocycles. The van der Waals surface area contributed by atoms with Gasteiger partial charge in [0.25, 0.3) is 0 Å². The van der Waals surface area contributed by atoms with Crippen LogP contribution in [-0.4, -0.2) is 34.5 Å². The predicted molar refractivity (Wildman–Crippen MR) is 67.0 cm³/mol. The number of aliphatic hydroxyl groups is 1. The molecule has 4 heteroatoms. The molecule has 0 spiro atoms. The number of piperidine rings is 1. The first-order chi connectivity index (χ1) is 8.34. The minimum atomic E-state index is -0.146. The van der Waals surface area contributed by atoms with Crippen LogP contribution in [0.5, 0.6) is 0 Å². The number of hydrogen-bond donors (Lipinski definition) is 1. The minimum absolute atomic E-state index is 0.146. The van der Waals surface area contributed by atoms with E-state index in [-0.39, 0.29) is 6.10 Å². The second-order valence-corrected chi connectivity index (χ2v) is 4.47. The van der Waals surface area contributed by atoms with Gasteiger partial charge in [0.15, 0.2) is 0 Å². The van der Waals surface area contributed by atoms with Gasteiger partial charge in [0, 0.05) is 18.5 Å². The molecular formula is C13H15N3O. The van der Waals surface area contributed by atoms with E-state index in [4.69, 9.17) is 0 Å². The zero-order chi connectivity index (χ0) is 11.7. The number of fused-ring (bicyclic) bond motifs is 1. The van der Waals surface area contributed by atoms with Crippen molar-refractivity contribution in [1.29, 1.82) is 0 Å². The number of nitrogens with zero attached hydrogens (tertiary/aromatic N) is 3. The zero-order valence-corrected chi connectivity index (χ0v) is 9.58. The lowest BCUT2D eigenvalue weighted by Crippen LogP contribution is -2.36.